The number of amides is 1. The molecule has 20 heavy (non-hydrogen) atoms. The molecule has 7 nitrogen and oxygen atoms in total. The molecule has 0 unspecified atom stereocenters. The predicted molar refractivity (Wildman–Crippen MR) is 73.8 cm³/mol. The topological polar surface area (TPSA) is 95.1 Å². The molecule has 0 aliphatic rings. The van der Waals surface area contributed by atoms with E-state index in [9.17, 15) is 4.79 Å². The average molecular weight is 275 g/mol. The normalized spacial score (nSPS) is 10.2. The second kappa shape index (κ2) is 6.55. The first-order chi connectivity index (χ1) is 9.65. The highest BCUT2D eigenvalue weighted by atomic mass is 16.5. The molecule has 0 atom stereocenters. The summed E-state index contributed by atoms with van der Waals surface area (Å²) < 4.78 is 7.20. The molecule has 0 bridgehead atoms. The van der Waals surface area contributed by atoms with Gasteiger partial charge in [-0.25, -0.2) is 0 Å². The van der Waals surface area contributed by atoms with E-state index in [1.165, 1.54) is 0 Å². The number of carbonyl (C=O) groups excluding carboxylic acids is 1. The van der Waals surface area contributed by atoms with Crippen molar-refractivity contribution in [3.05, 3.63) is 36.4 Å². The zero-order valence-electron chi connectivity index (χ0n) is 11.2. The number of aryl methyl sites for hydroxylation is 1. The maximum atomic E-state index is 11.6. The number of nitrogens with two attached hydrogens (primary N) is 1. The van der Waals surface area contributed by atoms with Crippen LogP contribution in [0.15, 0.2) is 30.6 Å². The first kappa shape index (κ1) is 13.9. The number of aromatic nitrogens is 3. The van der Waals surface area contributed by atoms with Gasteiger partial charge in [-0.1, -0.05) is 0 Å². The van der Waals surface area contributed by atoms with Crippen molar-refractivity contribution in [1.82, 2.24) is 20.1 Å². The number of hydrogen-bond acceptors (Lipinski definition) is 5. The molecule has 0 saturated heterocycles. The minimum absolute atomic E-state index is 0.0940. The van der Waals surface area contributed by atoms with Gasteiger partial charge in [0, 0.05) is 12.7 Å². The second-order valence-electron chi connectivity index (χ2n) is 4.30. The third-order valence-electron chi connectivity index (χ3n) is 2.73. The molecule has 7 heteroatoms. The monoisotopic (exact) mass is 275 g/mol. The first-order valence-electron chi connectivity index (χ1n) is 6.23. The van der Waals surface area contributed by atoms with E-state index in [0.29, 0.717) is 30.4 Å². The number of nitrogens with one attached hydrogen (secondary N) is 1. The molecule has 0 radical (unpaired) electrons. The van der Waals surface area contributed by atoms with Gasteiger partial charge in [0.1, 0.15) is 12.1 Å². The van der Waals surface area contributed by atoms with Crippen molar-refractivity contribution in [3.8, 4) is 5.75 Å². The van der Waals surface area contributed by atoms with Crippen LogP contribution in [0.3, 0.4) is 0 Å². The van der Waals surface area contributed by atoms with Gasteiger partial charge >= 0.3 is 0 Å². The summed E-state index contributed by atoms with van der Waals surface area (Å²) in [6, 6.07) is 7.05. The zero-order chi connectivity index (χ0) is 14.4. The van der Waals surface area contributed by atoms with Crippen molar-refractivity contribution in [2.45, 2.75) is 13.0 Å². The number of hydrogen-bond donors (Lipinski definition) is 2. The van der Waals surface area contributed by atoms with Crippen LogP contribution in [0.25, 0.3) is 0 Å². The van der Waals surface area contributed by atoms with Crippen LogP contribution in [0.4, 0.5) is 5.69 Å². The lowest BCUT2D eigenvalue weighted by Crippen LogP contribution is -2.25. The average Bonchev–Trinajstić information content (AvgIpc) is 2.84. The molecule has 0 aliphatic heterocycles. The van der Waals surface area contributed by atoms with Crippen LogP contribution < -0.4 is 15.8 Å². The highest BCUT2D eigenvalue weighted by Crippen LogP contribution is 2.13. The number of benzene rings is 1. The number of rotatable bonds is 6. The molecule has 0 fully saturated rings. The molecule has 2 aromatic rings. The highest BCUT2D eigenvalue weighted by molar-refractivity contribution is 5.75. The maximum absolute atomic E-state index is 11.6. The van der Waals surface area contributed by atoms with E-state index in [4.69, 9.17) is 10.5 Å². The summed E-state index contributed by atoms with van der Waals surface area (Å²) in [4.78, 5) is 11.6. The van der Waals surface area contributed by atoms with Gasteiger partial charge in [-0.15, -0.1) is 10.2 Å². The van der Waals surface area contributed by atoms with E-state index in [1.54, 1.807) is 35.2 Å². The van der Waals surface area contributed by atoms with Gasteiger partial charge in [0.15, 0.2) is 5.82 Å². The Balaban J connectivity index is 1.68. The summed E-state index contributed by atoms with van der Waals surface area (Å²) in [6.07, 6.45) is 1.87. The van der Waals surface area contributed by atoms with Gasteiger partial charge in [0.2, 0.25) is 5.91 Å². The fourth-order valence-corrected chi connectivity index (χ4v) is 1.56. The standard InChI is InChI=1S/C13H17N5O2/c1-18-9-16-17-12(18)8-15-13(19)6-7-20-11-4-2-10(14)3-5-11/h2-5,9H,6-8,14H2,1H3,(H,15,19). The molecular formula is C13H17N5O2. The number of nitrogens with zero attached hydrogens (tertiary/aromatic N) is 3. The maximum Gasteiger partial charge on any atom is 0.223 e. The molecule has 3 N–H and O–H groups in total. The van der Waals surface area contributed by atoms with Gasteiger partial charge in [0.05, 0.1) is 19.6 Å². The summed E-state index contributed by atoms with van der Waals surface area (Å²) in [5.41, 5.74) is 6.25. The Kier molecular flexibility index (Phi) is 4.54. The minimum atomic E-state index is -0.0940. The quantitative estimate of drug-likeness (QED) is 0.748. The molecule has 1 aromatic carbocycles. The lowest BCUT2D eigenvalue weighted by molar-refractivity contribution is -0.121. The highest BCUT2D eigenvalue weighted by Gasteiger charge is 2.05. The van der Waals surface area contributed by atoms with Gasteiger partial charge in [-0.3, -0.25) is 4.79 Å². The molecule has 106 valence electrons. The van der Waals surface area contributed by atoms with Crippen LogP contribution in [0.1, 0.15) is 12.2 Å². The fraction of sp³-hybridized carbons (Fsp3) is 0.308. The number of nitrogen functional groups attached to an aromatic ring is 1. The Morgan fingerprint density at radius 1 is 1.40 bits per heavy atom. The SMILES string of the molecule is Cn1cnnc1CNC(=O)CCOc1ccc(N)cc1. The van der Waals surface area contributed by atoms with Gasteiger partial charge in [0.25, 0.3) is 0 Å². The van der Waals surface area contributed by atoms with Crippen LogP contribution in [-0.4, -0.2) is 27.3 Å². The lowest BCUT2D eigenvalue weighted by Gasteiger charge is -2.07. The predicted octanol–water partition coefficient (Wildman–Crippen LogP) is 0.483. The summed E-state index contributed by atoms with van der Waals surface area (Å²) in [5.74, 6) is 1.31. The molecule has 0 aliphatic carbocycles. The Hall–Kier alpha value is -2.57. The van der Waals surface area contributed by atoms with E-state index in [1.807, 2.05) is 7.05 Å². The first-order valence-corrected chi connectivity index (χ1v) is 6.23. The van der Waals surface area contributed by atoms with Crippen molar-refractivity contribution in [2.75, 3.05) is 12.3 Å². The molecule has 1 amide bonds. The summed E-state index contributed by atoms with van der Waals surface area (Å²) >= 11 is 0. The van der Waals surface area contributed by atoms with Gasteiger partial charge in [-0.2, -0.15) is 0 Å². The van der Waals surface area contributed by atoms with E-state index >= 15 is 0 Å². The molecule has 1 heterocycles. The van der Waals surface area contributed by atoms with Gasteiger partial charge in [-0.05, 0) is 24.3 Å². The zero-order valence-corrected chi connectivity index (χ0v) is 11.2. The second-order valence-corrected chi connectivity index (χ2v) is 4.30. The van der Waals surface area contributed by atoms with Crippen molar-refractivity contribution in [1.29, 1.82) is 0 Å². The Bertz CT molecular complexity index is 564. The minimum Gasteiger partial charge on any atom is -0.493 e. The molecular weight excluding hydrogens is 258 g/mol. The molecule has 0 saturated carbocycles. The van der Waals surface area contributed by atoms with Crippen molar-refractivity contribution < 1.29 is 9.53 Å². The van der Waals surface area contributed by atoms with Crippen LogP contribution in [0, 0.1) is 0 Å². The van der Waals surface area contributed by atoms with E-state index < -0.39 is 0 Å². The van der Waals surface area contributed by atoms with E-state index in [-0.39, 0.29) is 12.3 Å². The number of anilines is 1. The van der Waals surface area contributed by atoms with Crippen LogP contribution in [0.5, 0.6) is 5.75 Å². The van der Waals surface area contributed by atoms with Crippen molar-refractivity contribution in [2.24, 2.45) is 7.05 Å². The van der Waals surface area contributed by atoms with Crippen LogP contribution >= 0.6 is 0 Å². The Morgan fingerprint density at radius 2 is 2.15 bits per heavy atom. The molecule has 1 aromatic heterocycles. The van der Waals surface area contributed by atoms with E-state index in [2.05, 4.69) is 15.5 Å². The summed E-state index contributed by atoms with van der Waals surface area (Å²) in [6.45, 7) is 0.672. The third kappa shape index (κ3) is 3.98. The van der Waals surface area contributed by atoms with Gasteiger partial charge < -0.3 is 20.4 Å². The fourth-order valence-electron chi connectivity index (χ4n) is 1.56. The van der Waals surface area contributed by atoms with Crippen LogP contribution in [-0.2, 0) is 18.4 Å². The van der Waals surface area contributed by atoms with E-state index in [0.717, 1.165) is 0 Å². The lowest BCUT2D eigenvalue weighted by atomic mass is 10.3. The largest absolute Gasteiger partial charge is 0.493 e. The summed E-state index contributed by atoms with van der Waals surface area (Å²) in [5, 5.41) is 10.4. The smallest absolute Gasteiger partial charge is 0.223 e. The summed E-state index contributed by atoms with van der Waals surface area (Å²) in [7, 11) is 1.83. The van der Waals surface area contributed by atoms with Crippen molar-refractivity contribution >= 4 is 11.6 Å². The van der Waals surface area contributed by atoms with Crippen LogP contribution in [0.2, 0.25) is 0 Å². The number of ether oxygens (including phenoxy) is 1. The third-order valence-corrected chi connectivity index (χ3v) is 2.73. The Labute approximate surface area is 116 Å². The molecule has 0 spiro atoms. The number of carbonyl (C=O) groups is 1. The Morgan fingerprint density at radius 3 is 2.80 bits per heavy atom. The molecule has 2 rings (SSSR count). The van der Waals surface area contributed by atoms with Crippen molar-refractivity contribution in [3.63, 3.8) is 0 Å².